The number of esters is 1. The summed E-state index contributed by atoms with van der Waals surface area (Å²) in [5, 5.41) is 2.77. The van der Waals surface area contributed by atoms with Crippen LogP contribution in [0.5, 0.6) is 5.75 Å². The van der Waals surface area contributed by atoms with Crippen LogP contribution in [0, 0.1) is 0 Å². The number of carbonyl (C=O) groups excluding carboxylic acids is 2. The SMILES string of the molecule is COC(=O)CN(Cc1ccccc1)C(=O)Nc1cccc(OC)c1. The molecule has 2 aromatic carbocycles. The van der Waals surface area contributed by atoms with E-state index in [4.69, 9.17) is 4.74 Å². The minimum absolute atomic E-state index is 0.138. The maximum Gasteiger partial charge on any atom is 0.325 e. The highest BCUT2D eigenvalue weighted by molar-refractivity contribution is 5.91. The Labute approximate surface area is 141 Å². The van der Waals surface area contributed by atoms with Gasteiger partial charge in [0.05, 0.1) is 14.2 Å². The zero-order chi connectivity index (χ0) is 17.4. The number of hydrogen-bond donors (Lipinski definition) is 1. The second-order valence-electron chi connectivity index (χ2n) is 5.08. The summed E-state index contributed by atoms with van der Waals surface area (Å²) in [5.41, 5.74) is 1.50. The van der Waals surface area contributed by atoms with E-state index in [0.717, 1.165) is 5.56 Å². The number of benzene rings is 2. The molecule has 0 aliphatic rings. The molecular formula is C18H20N2O4. The van der Waals surface area contributed by atoms with Crippen molar-refractivity contribution < 1.29 is 19.1 Å². The molecule has 24 heavy (non-hydrogen) atoms. The molecule has 0 radical (unpaired) electrons. The number of urea groups is 1. The highest BCUT2D eigenvalue weighted by Gasteiger charge is 2.18. The number of anilines is 1. The Morgan fingerprint density at radius 2 is 1.79 bits per heavy atom. The molecule has 0 fully saturated rings. The molecule has 2 aromatic rings. The van der Waals surface area contributed by atoms with Gasteiger partial charge in [0.15, 0.2) is 0 Å². The third-order valence-electron chi connectivity index (χ3n) is 3.37. The second kappa shape index (κ2) is 8.57. The van der Waals surface area contributed by atoms with Gasteiger partial charge in [-0.3, -0.25) is 4.79 Å². The monoisotopic (exact) mass is 328 g/mol. The lowest BCUT2D eigenvalue weighted by Gasteiger charge is -2.22. The number of rotatable bonds is 6. The lowest BCUT2D eigenvalue weighted by atomic mass is 10.2. The van der Waals surface area contributed by atoms with Crippen molar-refractivity contribution in [2.24, 2.45) is 0 Å². The predicted molar refractivity (Wildman–Crippen MR) is 90.9 cm³/mol. The van der Waals surface area contributed by atoms with Gasteiger partial charge in [-0.15, -0.1) is 0 Å². The summed E-state index contributed by atoms with van der Waals surface area (Å²) < 4.78 is 9.81. The van der Waals surface area contributed by atoms with Crippen molar-refractivity contribution in [3.8, 4) is 5.75 Å². The first-order valence-electron chi connectivity index (χ1n) is 7.43. The Balaban J connectivity index is 2.12. The second-order valence-corrected chi connectivity index (χ2v) is 5.08. The summed E-state index contributed by atoms with van der Waals surface area (Å²) in [6.07, 6.45) is 0. The average molecular weight is 328 g/mol. The van der Waals surface area contributed by atoms with Crippen LogP contribution in [0.15, 0.2) is 54.6 Å². The van der Waals surface area contributed by atoms with E-state index < -0.39 is 12.0 Å². The maximum atomic E-state index is 12.5. The molecule has 2 rings (SSSR count). The van der Waals surface area contributed by atoms with Crippen LogP contribution in [0.1, 0.15) is 5.56 Å². The fourth-order valence-electron chi connectivity index (χ4n) is 2.13. The van der Waals surface area contributed by atoms with Gasteiger partial charge in [0.25, 0.3) is 0 Å². The van der Waals surface area contributed by atoms with Crippen molar-refractivity contribution in [1.82, 2.24) is 4.90 Å². The topological polar surface area (TPSA) is 67.9 Å². The summed E-state index contributed by atoms with van der Waals surface area (Å²) in [7, 11) is 2.85. The Hall–Kier alpha value is -3.02. The molecular weight excluding hydrogens is 308 g/mol. The highest BCUT2D eigenvalue weighted by Crippen LogP contribution is 2.17. The molecule has 0 aliphatic carbocycles. The number of hydrogen-bond acceptors (Lipinski definition) is 4. The lowest BCUT2D eigenvalue weighted by Crippen LogP contribution is -2.38. The van der Waals surface area contributed by atoms with E-state index in [-0.39, 0.29) is 6.54 Å². The Morgan fingerprint density at radius 1 is 1.04 bits per heavy atom. The lowest BCUT2D eigenvalue weighted by molar-refractivity contribution is -0.141. The first-order chi connectivity index (χ1) is 11.6. The van der Waals surface area contributed by atoms with E-state index >= 15 is 0 Å². The first kappa shape index (κ1) is 17.3. The van der Waals surface area contributed by atoms with Gasteiger partial charge in [0, 0.05) is 18.3 Å². The number of nitrogens with zero attached hydrogens (tertiary/aromatic N) is 1. The molecule has 0 unspecified atom stereocenters. The van der Waals surface area contributed by atoms with Gasteiger partial charge in [-0.1, -0.05) is 36.4 Å². The minimum atomic E-state index is -0.480. The summed E-state index contributed by atoms with van der Waals surface area (Å²) >= 11 is 0. The molecule has 0 heterocycles. The molecule has 0 spiro atoms. The minimum Gasteiger partial charge on any atom is -0.497 e. The molecule has 0 saturated heterocycles. The number of nitrogens with one attached hydrogen (secondary N) is 1. The summed E-state index contributed by atoms with van der Waals surface area (Å²) in [4.78, 5) is 25.5. The van der Waals surface area contributed by atoms with Gasteiger partial charge in [-0.05, 0) is 17.7 Å². The van der Waals surface area contributed by atoms with Crippen molar-refractivity contribution in [2.45, 2.75) is 6.54 Å². The van der Waals surface area contributed by atoms with E-state index in [1.165, 1.54) is 12.0 Å². The predicted octanol–water partition coefficient (Wildman–Crippen LogP) is 2.90. The Bertz CT molecular complexity index is 688. The van der Waals surface area contributed by atoms with Crippen LogP contribution < -0.4 is 10.1 Å². The van der Waals surface area contributed by atoms with Crippen molar-refractivity contribution in [3.63, 3.8) is 0 Å². The first-order valence-corrected chi connectivity index (χ1v) is 7.43. The summed E-state index contributed by atoms with van der Waals surface area (Å²) in [6.45, 7) is 0.160. The molecule has 0 atom stereocenters. The summed E-state index contributed by atoms with van der Waals surface area (Å²) in [5.74, 6) is 0.155. The van der Waals surface area contributed by atoms with Crippen molar-refractivity contribution in [1.29, 1.82) is 0 Å². The van der Waals surface area contributed by atoms with Crippen molar-refractivity contribution in [2.75, 3.05) is 26.1 Å². The van der Waals surface area contributed by atoms with Crippen molar-refractivity contribution in [3.05, 3.63) is 60.2 Å². The highest BCUT2D eigenvalue weighted by atomic mass is 16.5. The molecule has 0 bridgehead atoms. The van der Waals surface area contributed by atoms with Crippen LogP contribution in [-0.4, -0.2) is 37.7 Å². The van der Waals surface area contributed by atoms with Crippen LogP contribution in [-0.2, 0) is 16.1 Å². The third kappa shape index (κ3) is 5.01. The van der Waals surface area contributed by atoms with Gasteiger partial charge in [0.2, 0.25) is 0 Å². The van der Waals surface area contributed by atoms with Crippen LogP contribution in [0.4, 0.5) is 10.5 Å². The third-order valence-corrected chi connectivity index (χ3v) is 3.37. The summed E-state index contributed by atoms with van der Waals surface area (Å²) in [6, 6.07) is 16.1. The number of amides is 2. The molecule has 126 valence electrons. The van der Waals surface area contributed by atoms with E-state index in [9.17, 15) is 9.59 Å². The van der Waals surface area contributed by atoms with Crippen LogP contribution in [0.25, 0.3) is 0 Å². The van der Waals surface area contributed by atoms with Gasteiger partial charge >= 0.3 is 12.0 Å². The smallest absolute Gasteiger partial charge is 0.325 e. The average Bonchev–Trinajstić information content (AvgIpc) is 2.62. The van der Waals surface area contributed by atoms with Crippen LogP contribution in [0.3, 0.4) is 0 Å². The van der Waals surface area contributed by atoms with E-state index in [0.29, 0.717) is 18.0 Å². The van der Waals surface area contributed by atoms with E-state index in [2.05, 4.69) is 10.1 Å². The van der Waals surface area contributed by atoms with Crippen LogP contribution in [0.2, 0.25) is 0 Å². The van der Waals surface area contributed by atoms with Gasteiger partial charge in [-0.2, -0.15) is 0 Å². The van der Waals surface area contributed by atoms with Gasteiger partial charge in [-0.25, -0.2) is 4.79 Å². The zero-order valence-electron chi connectivity index (χ0n) is 13.7. The van der Waals surface area contributed by atoms with E-state index in [1.807, 2.05) is 30.3 Å². The normalized spacial score (nSPS) is 9.92. The zero-order valence-corrected chi connectivity index (χ0v) is 13.7. The fourth-order valence-corrected chi connectivity index (χ4v) is 2.13. The van der Waals surface area contributed by atoms with Gasteiger partial charge in [0.1, 0.15) is 12.3 Å². The van der Waals surface area contributed by atoms with Gasteiger partial charge < -0.3 is 19.7 Å². The molecule has 6 nitrogen and oxygen atoms in total. The quantitative estimate of drug-likeness (QED) is 0.828. The largest absolute Gasteiger partial charge is 0.497 e. The molecule has 1 N–H and O–H groups in total. The van der Waals surface area contributed by atoms with Crippen molar-refractivity contribution >= 4 is 17.7 Å². The number of carbonyl (C=O) groups is 2. The molecule has 0 saturated carbocycles. The fraction of sp³-hybridized carbons (Fsp3) is 0.222. The molecule has 0 aromatic heterocycles. The maximum absolute atomic E-state index is 12.5. The molecule has 2 amide bonds. The number of methoxy groups -OCH3 is 2. The van der Waals surface area contributed by atoms with Crippen LogP contribution >= 0.6 is 0 Å². The number of ether oxygens (including phenoxy) is 2. The molecule has 0 aliphatic heterocycles. The Morgan fingerprint density at radius 3 is 2.46 bits per heavy atom. The molecule has 6 heteroatoms. The Kier molecular flexibility index (Phi) is 6.19. The van der Waals surface area contributed by atoms with E-state index in [1.54, 1.807) is 31.4 Å². The standard InChI is InChI=1S/C18H20N2O4/c1-23-16-10-6-9-15(11-16)19-18(22)20(13-17(21)24-2)12-14-7-4-3-5-8-14/h3-11H,12-13H2,1-2H3,(H,19,22).